The van der Waals surface area contributed by atoms with E-state index in [0.29, 0.717) is 0 Å². The van der Waals surface area contributed by atoms with Crippen LogP contribution in [0.5, 0.6) is 5.75 Å². The van der Waals surface area contributed by atoms with Gasteiger partial charge in [0.25, 0.3) is 0 Å². The monoisotopic (exact) mass is 276 g/mol. The number of fused-ring (bicyclic) bond motifs is 1. The van der Waals surface area contributed by atoms with Gasteiger partial charge in [0.2, 0.25) is 0 Å². The number of aliphatic hydroxyl groups excluding tert-OH is 1. The highest BCUT2D eigenvalue weighted by Gasteiger charge is 2.22. The summed E-state index contributed by atoms with van der Waals surface area (Å²) in [5.41, 5.74) is 2.91. The Morgan fingerprint density at radius 3 is 2.57 bits per heavy atom. The summed E-state index contributed by atoms with van der Waals surface area (Å²) in [6, 6.07) is 15.5. The predicted molar refractivity (Wildman–Crippen MR) is 83.8 cm³/mol. The van der Waals surface area contributed by atoms with Crippen molar-refractivity contribution in [3.8, 4) is 17.6 Å². The van der Waals surface area contributed by atoms with Crippen molar-refractivity contribution in [1.82, 2.24) is 0 Å². The topological polar surface area (TPSA) is 29.5 Å². The molecule has 2 nitrogen and oxygen atoms in total. The molecular weight excluding hydrogens is 260 g/mol. The van der Waals surface area contributed by atoms with Gasteiger partial charge in [-0.3, -0.25) is 0 Å². The van der Waals surface area contributed by atoms with Gasteiger partial charge in [0.05, 0.1) is 19.1 Å². The molecule has 0 heterocycles. The Morgan fingerprint density at radius 2 is 1.81 bits per heavy atom. The number of rotatable bonds is 1. The third kappa shape index (κ3) is 2.84. The Hall–Kier alpha value is -2.50. The first-order chi connectivity index (χ1) is 10.3. The van der Waals surface area contributed by atoms with Gasteiger partial charge in [0.15, 0.2) is 0 Å². The summed E-state index contributed by atoms with van der Waals surface area (Å²) in [6.07, 6.45) is 3.41. The highest BCUT2D eigenvalue weighted by molar-refractivity contribution is 5.59. The van der Waals surface area contributed by atoms with E-state index in [1.54, 1.807) is 7.11 Å². The first-order valence-electron chi connectivity index (χ1n) is 6.89. The van der Waals surface area contributed by atoms with Crippen molar-refractivity contribution in [3.63, 3.8) is 0 Å². The molecule has 0 bridgehead atoms. The minimum absolute atomic E-state index is 0.179. The van der Waals surface area contributed by atoms with Crippen LogP contribution in [0.3, 0.4) is 0 Å². The molecule has 2 atom stereocenters. The van der Waals surface area contributed by atoms with Gasteiger partial charge in [0.1, 0.15) is 5.75 Å². The molecule has 21 heavy (non-hydrogen) atoms. The minimum atomic E-state index is -0.572. The average molecular weight is 276 g/mol. The van der Waals surface area contributed by atoms with Crippen LogP contribution in [0, 0.1) is 17.8 Å². The third-order valence-corrected chi connectivity index (χ3v) is 3.61. The molecule has 0 amide bonds. The first kappa shape index (κ1) is 13.5. The lowest BCUT2D eigenvalue weighted by atomic mass is 9.87. The lowest BCUT2D eigenvalue weighted by molar-refractivity contribution is 0.153. The second-order valence-electron chi connectivity index (χ2n) is 4.96. The van der Waals surface area contributed by atoms with Gasteiger partial charge in [-0.2, -0.15) is 0 Å². The quantitative estimate of drug-likeness (QED) is 0.809. The van der Waals surface area contributed by atoms with Crippen molar-refractivity contribution in [2.24, 2.45) is 5.92 Å². The first-order valence-corrected chi connectivity index (χ1v) is 6.89. The van der Waals surface area contributed by atoms with Gasteiger partial charge in [0, 0.05) is 5.56 Å². The largest absolute Gasteiger partial charge is 0.497 e. The smallest absolute Gasteiger partial charge is 0.118 e. The van der Waals surface area contributed by atoms with E-state index < -0.39 is 6.10 Å². The van der Waals surface area contributed by atoms with Gasteiger partial charge < -0.3 is 9.84 Å². The Labute approximate surface area is 124 Å². The standard InChI is InChI=1S/C19H16O2/c1-21-17-12-7-14(8-13-17)6-9-16-11-10-15-4-2-3-5-18(15)19(16)20/h2-5,7-8,10-13,16,19-20H,1H3. The van der Waals surface area contributed by atoms with E-state index in [1.807, 2.05) is 60.7 Å². The van der Waals surface area contributed by atoms with Crippen molar-refractivity contribution in [3.05, 3.63) is 71.3 Å². The third-order valence-electron chi connectivity index (χ3n) is 3.61. The Kier molecular flexibility index (Phi) is 3.77. The SMILES string of the molecule is COc1ccc(C#CC2C=Cc3ccccc3C2O)cc1. The summed E-state index contributed by atoms with van der Waals surface area (Å²) in [7, 11) is 1.64. The highest BCUT2D eigenvalue weighted by Crippen LogP contribution is 2.31. The lowest BCUT2D eigenvalue weighted by Crippen LogP contribution is -2.13. The highest BCUT2D eigenvalue weighted by atomic mass is 16.5. The van der Waals surface area contributed by atoms with E-state index in [9.17, 15) is 5.11 Å². The van der Waals surface area contributed by atoms with Crippen LogP contribution in [0.25, 0.3) is 6.08 Å². The van der Waals surface area contributed by atoms with Crippen LogP contribution in [0.1, 0.15) is 22.8 Å². The summed E-state index contributed by atoms with van der Waals surface area (Å²) >= 11 is 0. The Morgan fingerprint density at radius 1 is 1.05 bits per heavy atom. The number of hydrogen-bond acceptors (Lipinski definition) is 2. The summed E-state index contributed by atoms with van der Waals surface area (Å²) in [5, 5.41) is 10.4. The van der Waals surface area contributed by atoms with Crippen molar-refractivity contribution in [2.75, 3.05) is 7.11 Å². The molecule has 0 radical (unpaired) electrons. The Bertz CT molecular complexity index is 717. The molecule has 0 saturated heterocycles. The van der Waals surface area contributed by atoms with Gasteiger partial charge in [-0.15, -0.1) is 0 Å². The molecule has 0 aliphatic heterocycles. The van der Waals surface area contributed by atoms with Crippen LogP contribution in [-0.4, -0.2) is 12.2 Å². The zero-order valence-electron chi connectivity index (χ0n) is 11.8. The number of methoxy groups -OCH3 is 1. The molecule has 0 spiro atoms. The number of ether oxygens (including phenoxy) is 1. The zero-order chi connectivity index (χ0) is 14.7. The van der Waals surface area contributed by atoms with E-state index in [0.717, 1.165) is 22.4 Å². The van der Waals surface area contributed by atoms with Crippen molar-refractivity contribution < 1.29 is 9.84 Å². The molecule has 2 aromatic rings. The Balaban J connectivity index is 1.82. The van der Waals surface area contributed by atoms with Gasteiger partial charge >= 0.3 is 0 Å². The summed E-state index contributed by atoms with van der Waals surface area (Å²) in [4.78, 5) is 0. The number of benzene rings is 2. The fourth-order valence-electron chi connectivity index (χ4n) is 2.41. The maximum atomic E-state index is 10.4. The predicted octanol–water partition coefficient (Wildman–Crippen LogP) is 3.42. The minimum Gasteiger partial charge on any atom is -0.497 e. The molecule has 1 aliphatic rings. The normalized spacial score (nSPS) is 19.3. The van der Waals surface area contributed by atoms with Crippen LogP contribution in [0.4, 0.5) is 0 Å². The fourth-order valence-corrected chi connectivity index (χ4v) is 2.41. The van der Waals surface area contributed by atoms with Crippen LogP contribution >= 0.6 is 0 Å². The van der Waals surface area contributed by atoms with Crippen LogP contribution in [-0.2, 0) is 0 Å². The van der Waals surface area contributed by atoms with E-state index >= 15 is 0 Å². The van der Waals surface area contributed by atoms with Crippen molar-refractivity contribution in [1.29, 1.82) is 0 Å². The number of aliphatic hydroxyl groups is 1. The maximum absolute atomic E-state index is 10.4. The molecule has 1 aliphatic carbocycles. The van der Waals surface area contributed by atoms with Crippen LogP contribution in [0.15, 0.2) is 54.6 Å². The van der Waals surface area contributed by atoms with E-state index in [1.165, 1.54) is 0 Å². The molecule has 0 aromatic heterocycles. The summed E-state index contributed by atoms with van der Waals surface area (Å²) in [5.74, 6) is 6.88. The van der Waals surface area contributed by atoms with Gasteiger partial charge in [-0.1, -0.05) is 48.3 Å². The van der Waals surface area contributed by atoms with E-state index in [4.69, 9.17) is 4.74 Å². The second-order valence-corrected chi connectivity index (χ2v) is 4.96. The number of hydrogen-bond donors (Lipinski definition) is 1. The second kappa shape index (κ2) is 5.87. The molecule has 2 aromatic carbocycles. The van der Waals surface area contributed by atoms with Gasteiger partial charge in [-0.25, -0.2) is 0 Å². The summed E-state index contributed by atoms with van der Waals surface area (Å²) < 4.78 is 5.12. The van der Waals surface area contributed by atoms with Crippen molar-refractivity contribution in [2.45, 2.75) is 6.10 Å². The summed E-state index contributed by atoms with van der Waals surface area (Å²) in [6.45, 7) is 0. The fraction of sp³-hybridized carbons (Fsp3) is 0.158. The molecule has 2 heteroatoms. The van der Waals surface area contributed by atoms with Crippen LogP contribution in [0.2, 0.25) is 0 Å². The molecular formula is C19H16O2. The zero-order valence-corrected chi connectivity index (χ0v) is 11.8. The van der Waals surface area contributed by atoms with Crippen LogP contribution < -0.4 is 4.74 Å². The maximum Gasteiger partial charge on any atom is 0.118 e. The van der Waals surface area contributed by atoms with E-state index in [2.05, 4.69) is 11.8 Å². The lowest BCUT2D eigenvalue weighted by Gasteiger charge is -2.21. The molecule has 0 saturated carbocycles. The average Bonchev–Trinajstić information content (AvgIpc) is 2.55. The van der Waals surface area contributed by atoms with E-state index in [-0.39, 0.29) is 5.92 Å². The van der Waals surface area contributed by atoms with Crippen molar-refractivity contribution >= 4 is 6.08 Å². The molecule has 3 rings (SSSR count). The molecule has 104 valence electrons. The van der Waals surface area contributed by atoms with Gasteiger partial charge in [-0.05, 0) is 35.4 Å². The molecule has 0 fully saturated rings. The molecule has 2 unspecified atom stereocenters. The molecule has 1 N–H and O–H groups in total.